The zero-order valence-corrected chi connectivity index (χ0v) is 10.1. The van der Waals surface area contributed by atoms with Gasteiger partial charge in [0.1, 0.15) is 6.07 Å². The number of anilines is 1. The lowest BCUT2D eigenvalue weighted by molar-refractivity contribution is 0.507. The van der Waals surface area contributed by atoms with E-state index in [0.717, 1.165) is 6.42 Å². The van der Waals surface area contributed by atoms with E-state index in [9.17, 15) is 0 Å². The number of nitrogens with zero attached hydrogens (tertiary/aromatic N) is 2. The molecule has 1 aromatic carbocycles. The van der Waals surface area contributed by atoms with Crippen LogP contribution in [-0.2, 0) is 0 Å². The Morgan fingerprint density at radius 2 is 2.11 bits per heavy atom. The maximum absolute atomic E-state index is 8.94. The van der Waals surface area contributed by atoms with Gasteiger partial charge < -0.3 is 9.73 Å². The van der Waals surface area contributed by atoms with Crippen molar-refractivity contribution < 1.29 is 4.42 Å². The molecule has 2 aromatic rings. The average Bonchev–Trinajstić information content (AvgIpc) is 3.12. The highest BCUT2D eigenvalue weighted by Crippen LogP contribution is 2.54. The zero-order valence-electron chi connectivity index (χ0n) is 10.1. The van der Waals surface area contributed by atoms with Gasteiger partial charge in [0, 0.05) is 13.0 Å². The second-order valence-corrected chi connectivity index (χ2v) is 4.45. The molecule has 0 aliphatic heterocycles. The summed E-state index contributed by atoms with van der Waals surface area (Å²) in [6, 6.07) is 12.4. The monoisotopic (exact) mass is 239 g/mol. The molecule has 1 aliphatic carbocycles. The maximum atomic E-state index is 8.94. The van der Waals surface area contributed by atoms with E-state index in [2.05, 4.69) is 22.4 Å². The summed E-state index contributed by atoms with van der Waals surface area (Å²) in [6.07, 6.45) is 1.04. The lowest BCUT2D eigenvalue weighted by Gasteiger charge is -1.97. The van der Waals surface area contributed by atoms with Crippen LogP contribution >= 0.6 is 0 Å². The van der Waals surface area contributed by atoms with E-state index in [1.165, 1.54) is 5.56 Å². The Balaban J connectivity index is 1.83. The van der Waals surface area contributed by atoms with Gasteiger partial charge in [0.25, 0.3) is 0 Å². The van der Waals surface area contributed by atoms with Gasteiger partial charge in [0.15, 0.2) is 0 Å². The van der Waals surface area contributed by atoms with Crippen LogP contribution in [0, 0.1) is 11.3 Å². The van der Waals surface area contributed by atoms with Gasteiger partial charge in [-0.25, -0.2) is 4.98 Å². The predicted molar refractivity (Wildman–Crippen MR) is 67.3 cm³/mol. The van der Waals surface area contributed by atoms with Gasteiger partial charge in [-0.1, -0.05) is 30.3 Å². The number of oxazole rings is 1. The number of nitriles is 1. The highest BCUT2D eigenvalue weighted by Gasteiger charge is 2.43. The van der Waals surface area contributed by atoms with Crippen LogP contribution in [0.3, 0.4) is 0 Å². The van der Waals surface area contributed by atoms with E-state index >= 15 is 0 Å². The van der Waals surface area contributed by atoms with Crippen LogP contribution in [-0.4, -0.2) is 12.0 Å². The van der Waals surface area contributed by atoms with Crippen molar-refractivity contribution in [2.75, 3.05) is 12.4 Å². The Morgan fingerprint density at radius 1 is 1.33 bits per heavy atom. The molecule has 0 amide bonds. The standard InChI is InChI=1S/C14H13N3O/c1-16-14-12(8-15)17-13(18-14)11-7-10(11)9-5-3-2-4-6-9/h2-6,10-11,16H,7H2,1H3. The fraction of sp³-hybridized carbons (Fsp3) is 0.286. The second-order valence-electron chi connectivity index (χ2n) is 4.45. The number of hydrogen-bond donors (Lipinski definition) is 1. The molecule has 0 bridgehead atoms. The van der Waals surface area contributed by atoms with Gasteiger partial charge >= 0.3 is 0 Å². The number of benzene rings is 1. The molecular formula is C14H13N3O. The summed E-state index contributed by atoms with van der Waals surface area (Å²) >= 11 is 0. The summed E-state index contributed by atoms with van der Waals surface area (Å²) in [6.45, 7) is 0. The summed E-state index contributed by atoms with van der Waals surface area (Å²) in [5.41, 5.74) is 1.65. The summed E-state index contributed by atoms with van der Waals surface area (Å²) in [7, 11) is 1.73. The number of nitrogens with one attached hydrogen (secondary N) is 1. The van der Waals surface area contributed by atoms with Crippen molar-refractivity contribution in [3.63, 3.8) is 0 Å². The molecule has 3 rings (SSSR count). The lowest BCUT2D eigenvalue weighted by atomic mass is 10.1. The molecule has 90 valence electrons. The molecule has 0 saturated heterocycles. The van der Waals surface area contributed by atoms with E-state index in [-0.39, 0.29) is 0 Å². The fourth-order valence-corrected chi connectivity index (χ4v) is 2.28. The van der Waals surface area contributed by atoms with Gasteiger partial charge in [-0.3, -0.25) is 0 Å². The molecule has 2 atom stereocenters. The fourth-order valence-electron chi connectivity index (χ4n) is 2.28. The van der Waals surface area contributed by atoms with Crippen molar-refractivity contribution in [3.05, 3.63) is 47.5 Å². The first-order valence-corrected chi connectivity index (χ1v) is 5.97. The van der Waals surface area contributed by atoms with Gasteiger partial charge in [-0.05, 0) is 17.9 Å². The molecule has 1 aromatic heterocycles. The van der Waals surface area contributed by atoms with E-state index in [4.69, 9.17) is 9.68 Å². The van der Waals surface area contributed by atoms with Crippen molar-refractivity contribution >= 4 is 5.88 Å². The van der Waals surface area contributed by atoms with Crippen molar-refractivity contribution in [2.24, 2.45) is 0 Å². The molecule has 1 aliphatic rings. The Morgan fingerprint density at radius 3 is 2.72 bits per heavy atom. The minimum atomic E-state index is 0.307. The second kappa shape index (κ2) is 4.19. The first kappa shape index (κ1) is 10.8. The molecule has 1 fully saturated rings. The highest BCUT2D eigenvalue weighted by molar-refractivity contribution is 5.46. The molecule has 1 N–H and O–H groups in total. The van der Waals surface area contributed by atoms with E-state index in [0.29, 0.717) is 29.3 Å². The van der Waals surface area contributed by atoms with Crippen LogP contribution < -0.4 is 5.32 Å². The SMILES string of the molecule is CNc1oc(C2CC2c2ccccc2)nc1C#N. The van der Waals surface area contributed by atoms with E-state index in [1.54, 1.807) is 7.05 Å². The first-order chi connectivity index (χ1) is 8.83. The van der Waals surface area contributed by atoms with Crippen LogP contribution in [0.15, 0.2) is 34.7 Å². The number of rotatable bonds is 3. The predicted octanol–water partition coefficient (Wildman–Crippen LogP) is 2.86. The number of aromatic nitrogens is 1. The molecule has 2 unspecified atom stereocenters. The number of hydrogen-bond acceptors (Lipinski definition) is 4. The zero-order chi connectivity index (χ0) is 12.5. The van der Waals surface area contributed by atoms with E-state index in [1.807, 2.05) is 24.3 Å². The van der Waals surface area contributed by atoms with Gasteiger partial charge in [0.05, 0.1) is 0 Å². The van der Waals surface area contributed by atoms with Crippen LogP contribution in [0.1, 0.15) is 35.4 Å². The summed E-state index contributed by atoms with van der Waals surface area (Å²) in [4.78, 5) is 4.25. The largest absolute Gasteiger partial charge is 0.424 e. The third-order valence-electron chi connectivity index (χ3n) is 3.31. The summed E-state index contributed by atoms with van der Waals surface area (Å²) in [5.74, 6) is 1.92. The minimum Gasteiger partial charge on any atom is -0.424 e. The molecule has 1 heterocycles. The first-order valence-electron chi connectivity index (χ1n) is 5.97. The van der Waals surface area contributed by atoms with Gasteiger partial charge in [-0.2, -0.15) is 5.26 Å². The van der Waals surface area contributed by atoms with Crippen LogP contribution in [0.5, 0.6) is 0 Å². The summed E-state index contributed by atoms with van der Waals surface area (Å²) in [5, 5.41) is 11.8. The van der Waals surface area contributed by atoms with Crippen molar-refractivity contribution in [1.29, 1.82) is 5.26 Å². The van der Waals surface area contributed by atoms with Crippen LogP contribution in [0.25, 0.3) is 0 Å². The third kappa shape index (κ3) is 1.74. The normalized spacial score (nSPS) is 21.3. The molecular weight excluding hydrogens is 226 g/mol. The quantitative estimate of drug-likeness (QED) is 0.894. The lowest BCUT2D eigenvalue weighted by Crippen LogP contribution is -1.87. The van der Waals surface area contributed by atoms with Gasteiger partial charge in [-0.15, -0.1) is 0 Å². The molecule has 4 nitrogen and oxygen atoms in total. The van der Waals surface area contributed by atoms with Crippen molar-refractivity contribution in [3.8, 4) is 6.07 Å². The third-order valence-corrected chi connectivity index (χ3v) is 3.31. The van der Waals surface area contributed by atoms with Crippen LogP contribution in [0.4, 0.5) is 5.88 Å². The topological polar surface area (TPSA) is 61.9 Å². The Kier molecular flexibility index (Phi) is 2.52. The van der Waals surface area contributed by atoms with Crippen molar-refractivity contribution in [1.82, 2.24) is 4.98 Å². The smallest absolute Gasteiger partial charge is 0.231 e. The Hall–Kier alpha value is -2.28. The molecule has 1 saturated carbocycles. The Bertz CT molecular complexity index is 597. The minimum absolute atomic E-state index is 0.307. The maximum Gasteiger partial charge on any atom is 0.231 e. The van der Waals surface area contributed by atoms with Gasteiger partial charge in [0.2, 0.25) is 17.5 Å². The Labute approximate surface area is 105 Å². The molecule has 18 heavy (non-hydrogen) atoms. The van der Waals surface area contributed by atoms with Crippen molar-refractivity contribution in [2.45, 2.75) is 18.3 Å². The molecule has 0 spiro atoms. The molecule has 0 radical (unpaired) electrons. The van der Waals surface area contributed by atoms with E-state index < -0.39 is 0 Å². The van der Waals surface area contributed by atoms with Crippen LogP contribution in [0.2, 0.25) is 0 Å². The average molecular weight is 239 g/mol. The highest BCUT2D eigenvalue weighted by atomic mass is 16.4. The summed E-state index contributed by atoms with van der Waals surface area (Å²) < 4.78 is 5.59. The molecule has 4 heteroatoms.